The summed E-state index contributed by atoms with van der Waals surface area (Å²) < 4.78 is 5.58. The van der Waals surface area contributed by atoms with Gasteiger partial charge in [-0.3, -0.25) is 0 Å². The van der Waals surface area contributed by atoms with Crippen molar-refractivity contribution >= 4 is 11.9 Å². The number of carbonyl (C=O) groups is 1. The van der Waals surface area contributed by atoms with Crippen molar-refractivity contribution in [3.05, 3.63) is 46.0 Å². The maximum absolute atomic E-state index is 13.0. The van der Waals surface area contributed by atoms with Crippen LogP contribution < -0.4 is 10.6 Å². The molecule has 0 radical (unpaired) electrons. The molecule has 1 aliphatic carbocycles. The molecule has 0 amide bonds. The summed E-state index contributed by atoms with van der Waals surface area (Å²) in [5.74, 6) is -0.848. The van der Waals surface area contributed by atoms with E-state index in [-0.39, 0.29) is 25.0 Å². The van der Waals surface area contributed by atoms with Crippen LogP contribution >= 0.6 is 0 Å². The van der Waals surface area contributed by atoms with Crippen LogP contribution in [0.5, 0.6) is 0 Å². The Bertz CT molecular complexity index is 695. The van der Waals surface area contributed by atoms with Crippen molar-refractivity contribution in [2.45, 2.75) is 43.8 Å². The number of benzene rings is 1. The van der Waals surface area contributed by atoms with Crippen molar-refractivity contribution in [1.29, 1.82) is 0 Å². The molecule has 1 saturated carbocycles. The molecule has 0 aromatic heterocycles. The molecule has 1 aromatic carbocycles. The van der Waals surface area contributed by atoms with Gasteiger partial charge in [0.2, 0.25) is 0 Å². The van der Waals surface area contributed by atoms with Crippen molar-refractivity contribution in [3.8, 4) is 0 Å². The van der Waals surface area contributed by atoms with Gasteiger partial charge < -0.3 is 20.5 Å². The van der Waals surface area contributed by atoms with Gasteiger partial charge in [-0.1, -0.05) is 49.6 Å². The number of ether oxygens (including phenoxy) is 1. The summed E-state index contributed by atoms with van der Waals surface area (Å²) in [5.41, 5.74) is -1.16. The van der Waals surface area contributed by atoms with Crippen LogP contribution in [0.15, 0.2) is 35.4 Å². The summed E-state index contributed by atoms with van der Waals surface area (Å²) in [4.78, 5) is 23.4. The summed E-state index contributed by atoms with van der Waals surface area (Å²) >= 11 is 0. The Morgan fingerprint density at radius 2 is 1.81 bits per heavy atom. The van der Waals surface area contributed by atoms with Crippen molar-refractivity contribution in [3.63, 3.8) is 0 Å². The number of esters is 1. The fourth-order valence-corrected chi connectivity index (χ4v) is 3.77. The number of nitrogens with one attached hydrogen (secondary N) is 2. The Labute approximate surface area is 156 Å². The number of nitro groups is 1. The third-order valence-electron chi connectivity index (χ3n) is 5.17. The monoisotopic (exact) mass is 376 g/mol. The second kappa shape index (κ2) is 8.34. The number of rotatable bonds is 5. The number of carbonyl (C=O) groups excluding carboxylic acids is 1. The lowest BCUT2D eigenvalue weighted by molar-refractivity contribution is -0.485. The first-order chi connectivity index (χ1) is 13.0. The van der Waals surface area contributed by atoms with Crippen molar-refractivity contribution in [1.82, 2.24) is 10.6 Å². The number of aliphatic hydroxyl groups is 1. The van der Waals surface area contributed by atoms with E-state index in [1.165, 1.54) is 0 Å². The average molecular weight is 376 g/mol. The van der Waals surface area contributed by atoms with E-state index >= 15 is 0 Å². The minimum atomic E-state index is -1.70. The summed E-state index contributed by atoms with van der Waals surface area (Å²) in [6.07, 6.45) is 4.01. The van der Waals surface area contributed by atoms with E-state index in [4.69, 9.17) is 4.74 Å². The van der Waals surface area contributed by atoms with Crippen molar-refractivity contribution in [2.75, 3.05) is 13.1 Å². The van der Waals surface area contributed by atoms with Gasteiger partial charge in [0.25, 0.3) is 5.96 Å². The Kier molecular flexibility index (Phi) is 5.90. The normalized spacial score (nSPS) is 22.7. The van der Waals surface area contributed by atoms with Crippen molar-refractivity contribution < 1.29 is 19.7 Å². The quantitative estimate of drug-likeness (QED) is 0.399. The van der Waals surface area contributed by atoms with Gasteiger partial charge in [0, 0.05) is 5.92 Å². The minimum absolute atomic E-state index is 0.0258. The Hall–Kier alpha value is -2.68. The molecule has 9 nitrogen and oxygen atoms in total. The first kappa shape index (κ1) is 19.1. The van der Waals surface area contributed by atoms with Crippen LogP contribution in [0.4, 0.5) is 0 Å². The van der Waals surface area contributed by atoms with Crippen molar-refractivity contribution in [2.24, 2.45) is 11.0 Å². The molecule has 1 atom stereocenters. The standard InChI is InChI=1S/C18H24N4O5/c23-16(27-15-11-19-17(20-12-15)21-22(25)26)18(24,13-7-3-1-4-8-13)14-9-5-2-6-10-14/h1,3-4,7-8,14-15,24H,2,5-6,9-12H2,(H2,19,20,21). The van der Waals surface area contributed by atoms with E-state index < -0.39 is 22.7 Å². The number of hydrogen-bond acceptors (Lipinski definition) is 5. The predicted molar refractivity (Wildman–Crippen MR) is 97.2 cm³/mol. The summed E-state index contributed by atoms with van der Waals surface area (Å²) in [5, 5.41) is 29.6. The summed E-state index contributed by atoms with van der Waals surface area (Å²) in [6.45, 7) is 0.363. The van der Waals surface area contributed by atoms with Crippen LogP contribution in [0.1, 0.15) is 37.7 Å². The summed E-state index contributed by atoms with van der Waals surface area (Å²) in [7, 11) is 0. The van der Waals surface area contributed by atoms with Crippen LogP contribution in [-0.2, 0) is 15.1 Å². The lowest BCUT2D eigenvalue weighted by Crippen LogP contribution is -2.55. The molecule has 1 aliphatic heterocycles. The maximum Gasteiger partial charge on any atom is 0.343 e. The molecular formula is C18H24N4O5. The molecule has 2 fully saturated rings. The average Bonchev–Trinajstić information content (AvgIpc) is 2.69. The molecule has 27 heavy (non-hydrogen) atoms. The van der Waals surface area contributed by atoms with E-state index in [9.17, 15) is 20.0 Å². The van der Waals surface area contributed by atoms with E-state index in [1.54, 1.807) is 24.3 Å². The molecule has 1 heterocycles. The van der Waals surface area contributed by atoms with Gasteiger partial charge in [0.1, 0.15) is 11.2 Å². The molecule has 3 N–H and O–H groups in total. The molecule has 2 aliphatic rings. The highest BCUT2D eigenvalue weighted by molar-refractivity contribution is 5.83. The molecular weight excluding hydrogens is 352 g/mol. The second-order valence-corrected chi connectivity index (χ2v) is 6.94. The molecule has 146 valence electrons. The molecule has 1 unspecified atom stereocenters. The first-order valence-electron chi connectivity index (χ1n) is 9.20. The zero-order valence-corrected chi connectivity index (χ0v) is 15.0. The highest BCUT2D eigenvalue weighted by Crippen LogP contribution is 2.40. The van der Waals surface area contributed by atoms with Crippen LogP contribution in [0, 0.1) is 16.0 Å². The van der Waals surface area contributed by atoms with Gasteiger partial charge in [0.15, 0.2) is 10.6 Å². The number of nitrogens with zero attached hydrogens (tertiary/aromatic N) is 2. The molecule has 1 saturated heterocycles. The molecule has 9 heteroatoms. The van der Waals surface area contributed by atoms with Crippen LogP contribution in [0.3, 0.4) is 0 Å². The van der Waals surface area contributed by atoms with Gasteiger partial charge in [-0.05, 0) is 18.4 Å². The zero-order chi connectivity index (χ0) is 19.3. The fraction of sp³-hybridized carbons (Fsp3) is 0.556. The topological polar surface area (TPSA) is 126 Å². The molecule has 1 aromatic rings. The largest absolute Gasteiger partial charge is 0.456 e. The predicted octanol–water partition coefficient (Wildman–Crippen LogP) is 1.11. The molecule has 0 spiro atoms. The Morgan fingerprint density at radius 3 is 2.41 bits per heavy atom. The van der Waals surface area contributed by atoms with Gasteiger partial charge in [-0.25, -0.2) is 14.9 Å². The molecule has 3 rings (SSSR count). The van der Waals surface area contributed by atoms with E-state index in [0.717, 1.165) is 32.1 Å². The van der Waals surface area contributed by atoms with Gasteiger partial charge in [-0.2, -0.15) is 0 Å². The highest BCUT2D eigenvalue weighted by atomic mass is 16.7. The summed E-state index contributed by atoms with van der Waals surface area (Å²) in [6, 6.07) is 8.91. The number of hydrazone groups is 1. The maximum atomic E-state index is 13.0. The number of guanidine groups is 1. The number of hydrogen-bond donors (Lipinski definition) is 3. The lowest BCUT2D eigenvalue weighted by Gasteiger charge is -2.38. The SMILES string of the molecule is O=C(OC1CNC(=N[N+](=O)[O-])NC1)C(O)(c1ccccc1)C1CCCCC1. The van der Waals surface area contributed by atoms with Gasteiger partial charge >= 0.3 is 5.97 Å². The zero-order valence-electron chi connectivity index (χ0n) is 15.0. The third-order valence-corrected chi connectivity index (χ3v) is 5.17. The van der Waals surface area contributed by atoms with Crippen LogP contribution in [-0.4, -0.2) is 41.3 Å². The Morgan fingerprint density at radius 1 is 1.19 bits per heavy atom. The molecule has 0 bridgehead atoms. The van der Waals surface area contributed by atoms with E-state index in [0.29, 0.717) is 5.56 Å². The second-order valence-electron chi connectivity index (χ2n) is 6.94. The lowest BCUT2D eigenvalue weighted by atomic mass is 9.73. The third kappa shape index (κ3) is 4.36. The van der Waals surface area contributed by atoms with Crippen LogP contribution in [0.2, 0.25) is 0 Å². The fourth-order valence-electron chi connectivity index (χ4n) is 3.77. The van der Waals surface area contributed by atoms with Gasteiger partial charge in [0.05, 0.1) is 13.1 Å². The Balaban J connectivity index is 1.73. The van der Waals surface area contributed by atoms with Gasteiger partial charge in [-0.15, -0.1) is 0 Å². The first-order valence-corrected chi connectivity index (χ1v) is 9.20. The van der Waals surface area contributed by atoms with Crippen LogP contribution in [0.25, 0.3) is 0 Å². The van der Waals surface area contributed by atoms with E-state index in [1.807, 2.05) is 6.07 Å². The van der Waals surface area contributed by atoms with E-state index in [2.05, 4.69) is 15.7 Å². The minimum Gasteiger partial charge on any atom is -0.456 e. The highest BCUT2D eigenvalue weighted by Gasteiger charge is 2.47. The smallest absolute Gasteiger partial charge is 0.343 e.